The number of rotatable bonds is 8. The zero-order valence-corrected chi connectivity index (χ0v) is 17.8. The maximum Gasteiger partial charge on any atom is 0.119 e. The van der Waals surface area contributed by atoms with E-state index in [2.05, 4.69) is 87.6 Å². The SMILES string of the molecule is CC(C)Oc1ccc(CNCC[C@]2(c3ccccc3)CCOC(C)(C)C2)cc1. The molecule has 0 radical (unpaired) electrons. The summed E-state index contributed by atoms with van der Waals surface area (Å²) in [5, 5.41) is 3.65. The number of hydrogen-bond acceptors (Lipinski definition) is 3. The molecule has 0 amide bonds. The van der Waals surface area contributed by atoms with Crippen molar-refractivity contribution in [3.63, 3.8) is 0 Å². The fourth-order valence-electron chi connectivity index (χ4n) is 4.39. The lowest BCUT2D eigenvalue weighted by atomic mass is 9.67. The van der Waals surface area contributed by atoms with Crippen molar-refractivity contribution in [3.8, 4) is 5.75 Å². The summed E-state index contributed by atoms with van der Waals surface area (Å²) < 4.78 is 11.7. The van der Waals surface area contributed by atoms with Gasteiger partial charge in [-0.2, -0.15) is 0 Å². The van der Waals surface area contributed by atoms with Gasteiger partial charge >= 0.3 is 0 Å². The highest BCUT2D eigenvalue weighted by Crippen LogP contribution is 2.43. The fraction of sp³-hybridized carbons (Fsp3) is 0.520. The summed E-state index contributed by atoms with van der Waals surface area (Å²) in [6.07, 6.45) is 3.48. The molecule has 1 aliphatic heterocycles. The Labute approximate surface area is 170 Å². The highest BCUT2D eigenvalue weighted by atomic mass is 16.5. The topological polar surface area (TPSA) is 30.5 Å². The molecule has 1 fully saturated rings. The first-order valence-electron chi connectivity index (χ1n) is 10.5. The van der Waals surface area contributed by atoms with E-state index in [1.807, 2.05) is 0 Å². The fourth-order valence-corrected chi connectivity index (χ4v) is 4.39. The highest BCUT2D eigenvalue weighted by molar-refractivity contribution is 5.28. The van der Waals surface area contributed by atoms with E-state index in [0.29, 0.717) is 0 Å². The Kier molecular flexibility index (Phi) is 6.79. The van der Waals surface area contributed by atoms with Crippen LogP contribution in [-0.4, -0.2) is 24.9 Å². The molecule has 0 saturated carbocycles. The molecule has 1 N–H and O–H groups in total. The van der Waals surface area contributed by atoms with E-state index in [1.54, 1.807) is 0 Å². The lowest BCUT2D eigenvalue weighted by molar-refractivity contribution is -0.0840. The van der Waals surface area contributed by atoms with Gasteiger partial charge in [0.2, 0.25) is 0 Å². The molecule has 152 valence electrons. The zero-order chi connectivity index (χ0) is 20.0. The van der Waals surface area contributed by atoms with Gasteiger partial charge in [0.15, 0.2) is 0 Å². The van der Waals surface area contributed by atoms with Crippen LogP contribution in [0.4, 0.5) is 0 Å². The molecule has 2 aromatic carbocycles. The molecule has 2 aromatic rings. The van der Waals surface area contributed by atoms with E-state index in [1.165, 1.54) is 11.1 Å². The Morgan fingerprint density at radius 3 is 2.39 bits per heavy atom. The molecular formula is C25H35NO2. The zero-order valence-electron chi connectivity index (χ0n) is 17.8. The second-order valence-corrected chi connectivity index (χ2v) is 8.92. The third-order valence-electron chi connectivity index (χ3n) is 5.63. The molecule has 0 aliphatic carbocycles. The van der Waals surface area contributed by atoms with Gasteiger partial charge in [0, 0.05) is 18.6 Å². The molecular weight excluding hydrogens is 346 g/mol. The maximum absolute atomic E-state index is 6.02. The molecule has 3 rings (SSSR count). The van der Waals surface area contributed by atoms with E-state index in [4.69, 9.17) is 9.47 Å². The van der Waals surface area contributed by atoms with Gasteiger partial charge in [-0.15, -0.1) is 0 Å². The van der Waals surface area contributed by atoms with E-state index in [-0.39, 0.29) is 17.1 Å². The molecule has 0 unspecified atom stereocenters. The minimum atomic E-state index is -0.0691. The van der Waals surface area contributed by atoms with Crippen LogP contribution in [0.2, 0.25) is 0 Å². The summed E-state index contributed by atoms with van der Waals surface area (Å²) in [5.41, 5.74) is 2.85. The molecule has 1 heterocycles. The second kappa shape index (κ2) is 9.11. The summed E-state index contributed by atoms with van der Waals surface area (Å²) >= 11 is 0. The first-order chi connectivity index (χ1) is 13.4. The normalized spacial score (nSPS) is 21.6. The average Bonchev–Trinajstić information content (AvgIpc) is 2.66. The molecule has 0 spiro atoms. The van der Waals surface area contributed by atoms with Crippen LogP contribution in [0.15, 0.2) is 54.6 Å². The maximum atomic E-state index is 6.02. The highest BCUT2D eigenvalue weighted by Gasteiger charge is 2.41. The third kappa shape index (κ3) is 5.59. The van der Waals surface area contributed by atoms with Crippen LogP contribution in [0.25, 0.3) is 0 Å². The first kappa shape index (κ1) is 20.9. The average molecular weight is 382 g/mol. The van der Waals surface area contributed by atoms with Gasteiger partial charge in [-0.05, 0) is 76.8 Å². The Balaban J connectivity index is 1.59. The Morgan fingerprint density at radius 2 is 1.75 bits per heavy atom. The predicted molar refractivity (Wildman–Crippen MR) is 116 cm³/mol. The number of ether oxygens (including phenoxy) is 2. The lowest BCUT2D eigenvalue weighted by Crippen LogP contribution is -2.45. The van der Waals surface area contributed by atoms with E-state index in [9.17, 15) is 0 Å². The van der Waals surface area contributed by atoms with Crippen molar-refractivity contribution in [1.82, 2.24) is 5.32 Å². The largest absolute Gasteiger partial charge is 0.491 e. The summed E-state index contributed by atoms with van der Waals surface area (Å²) in [5.74, 6) is 0.936. The van der Waals surface area contributed by atoms with Gasteiger partial charge in [0.05, 0.1) is 11.7 Å². The van der Waals surface area contributed by atoms with Crippen molar-refractivity contribution >= 4 is 0 Å². The lowest BCUT2D eigenvalue weighted by Gasteiger charge is -2.45. The van der Waals surface area contributed by atoms with Crippen LogP contribution < -0.4 is 10.1 Å². The minimum Gasteiger partial charge on any atom is -0.491 e. The first-order valence-corrected chi connectivity index (χ1v) is 10.5. The smallest absolute Gasteiger partial charge is 0.119 e. The van der Waals surface area contributed by atoms with Crippen LogP contribution in [0.5, 0.6) is 5.75 Å². The summed E-state index contributed by atoms with van der Waals surface area (Å²) in [4.78, 5) is 0. The van der Waals surface area contributed by atoms with Crippen molar-refractivity contribution in [2.24, 2.45) is 0 Å². The molecule has 1 atom stereocenters. The van der Waals surface area contributed by atoms with Crippen molar-refractivity contribution in [1.29, 1.82) is 0 Å². The van der Waals surface area contributed by atoms with Gasteiger partial charge in [0.25, 0.3) is 0 Å². The predicted octanol–water partition coefficient (Wildman–Crippen LogP) is 5.48. The van der Waals surface area contributed by atoms with Gasteiger partial charge < -0.3 is 14.8 Å². The molecule has 1 aliphatic rings. The van der Waals surface area contributed by atoms with Crippen LogP contribution in [-0.2, 0) is 16.7 Å². The molecule has 3 nitrogen and oxygen atoms in total. The monoisotopic (exact) mass is 381 g/mol. The van der Waals surface area contributed by atoms with Crippen LogP contribution in [0.3, 0.4) is 0 Å². The Bertz CT molecular complexity index is 724. The standard InChI is InChI=1S/C25H35NO2/c1-20(2)28-23-12-10-21(11-13-23)18-26-16-14-25(22-8-6-5-7-9-22)15-17-27-24(3,4)19-25/h5-13,20,26H,14-19H2,1-4H3/t25-/m0/s1. The van der Waals surface area contributed by atoms with Crippen molar-refractivity contribution in [2.45, 2.75) is 70.6 Å². The van der Waals surface area contributed by atoms with Crippen LogP contribution in [0.1, 0.15) is 58.1 Å². The van der Waals surface area contributed by atoms with Gasteiger partial charge in [-0.3, -0.25) is 0 Å². The van der Waals surface area contributed by atoms with E-state index >= 15 is 0 Å². The Hall–Kier alpha value is -1.84. The van der Waals surface area contributed by atoms with E-state index < -0.39 is 0 Å². The number of nitrogens with one attached hydrogen (secondary N) is 1. The number of benzene rings is 2. The van der Waals surface area contributed by atoms with Crippen molar-refractivity contribution in [2.75, 3.05) is 13.2 Å². The quantitative estimate of drug-likeness (QED) is 0.614. The van der Waals surface area contributed by atoms with Gasteiger partial charge in [0.1, 0.15) is 5.75 Å². The van der Waals surface area contributed by atoms with Crippen molar-refractivity contribution in [3.05, 3.63) is 65.7 Å². The molecule has 0 aromatic heterocycles. The van der Waals surface area contributed by atoms with E-state index in [0.717, 1.165) is 44.7 Å². The Morgan fingerprint density at radius 1 is 1.04 bits per heavy atom. The molecule has 1 saturated heterocycles. The van der Waals surface area contributed by atoms with Gasteiger partial charge in [-0.1, -0.05) is 42.5 Å². The van der Waals surface area contributed by atoms with Crippen LogP contribution in [0, 0.1) is 0 Å². The summed E-state index contributed by atoms with van der Waals surface area (Å²) in [7, 11) is 0. The molecule has 3 heteroatoms. The van der Waals surface area contributed by atoms with Crippen LogP contribution >= 0.6 is 0 Å². The van der Waals surface area contributed by atoms with Crippen molar-refractivity contribution < 1.29 is 9.47 Å². The number of hydrogen-bond donors (Lipinski definition) is 1. The summed E-state index contributed by atoms with van der Waals surface area (Å²) in [6, 6.07) is 19.4. The second-order valence-electron chi connectivity index (χ2n) is 8.92. The summed E-state index contributed by atoms with van der Waals surface area (Å²) in [6.45, 7) is 11.3. The van der Waals surface area contributed by atoms with Gasteiger partial charge in [-0.25, -0.2) is 0 Å². The molecule has 28 heavy (non-hydrogen) atoms. The third-order valence-corrected chi connectivity index (χ3v) is 5.63. The molecule has 0 bridgehead atoms. The minimum absolute atomic E-state index is 0.0691.